The van der Waals surface area contributed by atoms with E-state index in [2.05, 4.69) is 4.98 Å². The number of carboxylic acid groups (broad SMARTS) is 1. The summed E-state index contributed by atoms with van der Waals surface area (Å²) < 4.78 is 1.92. The van der Waals surface area contributed by atoms with Crippen LogP contribution in [0, 0.1) is 0 Å². The second-order valence-corrected chi connectivity index (χ2v) is 5.46. The summed E-state index contributed by atoms with van der Waals surface area (Å²) in [5.41, 5.74) is 3.24. The number of aromatic nitrogens is 2. The van der Waals surface area contributed by atoms with Gasteiger partial charge in [-0.05, 0) is 36.5 Å². The fourth-order valence-electron chi connectivity index (χ4n) is 2.81. The number of pyridine rings is 1. The molecule has 3 aromatic rings. The Kier molecular flexibility index (Phi) is 2.57. The molecule has 1 saturated carbocycles. The SMILES string of the molecule is O=C(O)c1cn(-c2ccnc3ccccc23)cc1C1CC1. The summed E-state index contributed by atoms with van der Waals surface area (Å²) in [7, 11) is 0. The Hall–Kier alpha value is -2.62. The Morgan fingerprint density at radius 3 is 2.76 bits per heavy atom. The summed E-state index contributed by atoms with van der Waals surface area (Å²) >= 11 is 0. The van der Waals surface area contributed by atoms with E-state index in [-0.39, 0.29) is 0 Å². The zero-order valence-electron chi connectivity index (χ0n) is 11.4. The number of nitrogens with zero attached hydrogens (tertiary/aromatic N) is 2. The molecule has 4 rings (SSSR count). The van der Waals surface area contributed by atoms with Gasteiger partial charge in [-0.25, -0.2) is 4.79 Å². The minimum absolute atomic E-state index is 0.408. The maximum atomic E-state index is 11.4. The topological polar surface area (TPSA) is 55.1 Å². The zero-order valence-corrected chi connectivity index (χ0v) is 11.4. The largest absolute Gasteiger partial charge is 0.478 e. The smallest absolute Gasteiger partial charge is 0.337 e. The van der Waals surface area contributed by atoms with Crippen LogP contribution in [0.5, 0.6) is 0 Å². The molecule has 1 N–H and O–H groups in total. The van der Waals surface area contributed by atoms with Crippen LogP contribution in [0.4, 0.5) is 0 Å². The van der Waals surface area contributed by atoms with Gasteiger partial charge in [0, 0.05) is 24.0 Å². The molecule has 0 bridgehead atoms. The van der Waals surface area contributed by atoms with Crippen LogP contribution in [0.2, 0.25) is 0 Å². The lowest BCUT2D eigenvalue weighted by Crippen LogP contribution is -1.97. The van der Waals surface area contributed by atoms with Gasteiger partial charge in [0.2, 0.25) is 0 Å². The molecule has 1 aliphatic rings. The van der Waals surface area contributed by atoms with Crippen molar-refractivity contribution in [2.75, 3.05) is 0 Å². The lowest BCUT2D eigenvalue weighted by Gasteiger charge is -2.06. The Balaban J connectivity index is 1.93. The quantitative estimate of drug-likeness (QED) is 0.796. The molecule has 2 aromatic heterocycles. The molecule has 0 saturated heterocycles. The molecule has 0 amide bonds. The number of benzene rings is 1. The number of carboxylic acids is 1. The minimum atomic E-state index is -0.853. The van der Waals surface area contributed by atoms with Crippen LogP contribution in [0.15, 0.2) is 48.9 Å². The van der Waals surface area contributed by atoms with Gasteiger partial charge >= 0.3 is 5.97 Å². The van der Waals surface area contributed by atoms with Crippen molar-refractivity contribution in [3.05, 3.63) is 60.0 Å². The molecule has 21 heavy (non-hydrogen) atoms. The zero-order chi connectivity index (χ0) is 14.4. The molecule has 0 aliphatic heterocycles. The monoisotopic (exact) mass is 278 g/mol. The van der Waals surface area contributed by atoms with Gasteiger partial charge in [0.1, 0.15) is 0 Å². The molecule has 4 nitrogen and oxygen atoms in total. The van der Waals surface area contributed by atoms with Crippen LogP contribution in [0.3, 0.4) is 0 Å². The van der Waals surface area contributed by atoms with Crippen molar-refractivity contribution in [2.24, 2.45) is 0 Å². The van der Waals surface area contributed by atoms with Gasteiger partial charge in [-0.2, -0.15) is 0 Å². The first-order valence-corrected chi connectivity index (χ1v) is 7.03. The summed E-state index contributed by atoms with van der Waals surface area (Å²) in [5, 5.41) is 10.4. The van der Waals surface area contributed by atoms with Crippen molar-refractivity contribution in [3.63, 3.8) is 0 Å². The van der Waals surface area contributed by atoms with Gasteiger partial charge in [0.15, 0.2) is 0 Å². The number of fused-ring (bicyclic) bond motifs is 1. The summed E-state index contributed by atoms with van der Waals surface area (Å²) in [6.45, 7) is 0. The third-order valence-electron chi connectivity index (χ3n) is 4.01. The van der Waals surface area contributed by atoms with Gasteiger partial charge in [0.05, 0.1) is 16.8 Å². The Labute approximate surface area is 121 Å². The van der Waals surface area contributed by atoms with Crippen molar-refractivity contribution in [1.29, 1.82) is 0 Å². The lowest BCUT2D eigenvalue weighted by atomic mass is 10.1. The molecular weight excluding hydrogens is 264 g/mol. The van der Waals surface area contributed by atoms with E-state index < -0.39 is 5.97 Å². The van der Waals surface area contributed by atoms with E-state index in [1.807, 2.05) is 41.1 Å². The van der Waals surface area contributed by atoms with E-state index in [1.54, 1.807) is 12.4 Å². The first-order chi connectivity index (χ1) is 10.2. The van der Waals surface area contributed by atoms with Gasteiger partial charge in [-0.15, -0.1) is 0 Å². The van der Waals surface area contributed by atoms with E-state index in [4.69, 9.17) is 0 Å². The highest BCUT2D eigenvalue weighted by molar-refractivity contribution is 5.91. The molecular formula is C17H14N2O2. The van der Waals surface area contributed by atoms with Crippen molar-refractivity contribution in [2.45, 2.75) is 18.8 Å². The fraction of sp³-hybridized carbons (Fsp3) is 0.176. The maximum Gasteiger partial charge on any atom is 0.337 e. The number of hydrogen-bond donors (Lipinski definition) is 1. The molecule has 1 aromatic carbocycles. The summed E-state index contributed by atoms with van der Waals surface area (Å²) in [6, 6.07) is 9.81. The van der Waals surface area contributed by atoms with Crippen molar-refractivity contribution in [1.82, 2.24) is 9.55 Å². The second kappa shape index (κ2) is 4.45. The molecule has 1 aliphatic carbocycles. The summed E-state index contributed by atoms with van der Waals surface area (Å²) in [4.78, 5) is 15.8. The van der Waals surface area contributed by atoms with Crippen molar-refractivity contribution < 1.29 is 9.90 Å². The van der Waals surface area contributed by atoms with E-state index in [0.29, 0.717) is 11.5 Å². The first kappa shape index (κ1) is 12.1. The third-order valence-corrected chi connectivity index (χ3v) is 4.01. The van der Waals surface area contributed by atoms with Crippen LogP contribution in [-0.2, 0) is 0 Å². The standard InChI is InChI=1S/C17H14N2O2/c20-17(21)14-10-19(9-13(14)11-5-6-11)16-7-8-18-15-4-2-1-3-12(15)16/h1-4,7-11H,5-6H2,(H,20,21). The van der Waals surface area contributed by atoms with Crippen LogP contribution >= 0.6 is 0 Å². The van der Waals surface area contributed by atoms with Crippen molar-refractivity contribution in [3.8, 4) is 5.69 Å². The van der Waals surface area contributed by atoms with Crippen molar-refractivity contribution >= 4 is 16.9 Å². The average Bonchev–Trinajstić information content (AvgIpc) is 3.25. The molecule has 2 heterocycles. The number of para-hydroxylation sites is 1. The van der Waals surface area contributed by atoms with Crippen LogP contribution in [-0.4, -0.2) is 20.6 Å². The van der Waals surface area contributed by atoms with E-state index >= 15 is 0 Å². The molecule has 104 valence electrons. The molecule has 1 fully saturated rings. The number of carbonyl (C=O) groups is 1. The minimum Gasteiger partial charge on any atom is -0.478 e. The predicted octanol–water partition coefficient (Wildman–Crippen LogP) is 3.60. The van der Waals surface area contributed by atoms with Gasteiger partial charge in [-0.1, -0.05) is 18.2 Å². The molecule has 0 radical (unpaired) electrons. The van der Waals surface area contributed by atoms with E-state index in [9.17, 15) is 9.90 Å². The molecule has 0 atom stereocenters. The number of rotatable bonds is 3. The highest BCUT2D eigenvalue weighted by Gasteiger charge is 2.29. The Morgan fingerprint density at radius 2 is 2.00 bits per heavy atom. The molecule has 0 spiro atoms. The normalized spacial score (nSPS) is 14.5. The van der Waals surface area contributed by atoms with E-state index in [0.717, 1.165) is 35.0 Å². The average molecular weight is 278 g/mol. The van der Waals surface area contributed by atoms with Crippen LogP contribution in [0.25, 0.3) is 16.6 Å². The highest BCUT2D eigenvalue weighted by atomic mass is 16.4. The predicted molar refractivity (Wildman–Crippen MR) is 80.0 cm³/mol. The number of hydrogen-bond acceptors (Lipinski definition) is 2. The van der Waals surface area contributed by atoms with Crippen LogP contribution in [0.1, 0.15) is 34.7 Å². The number of aromatic carboxylic acids is 1. The van der Waals surface area contributed by atoms with E-state index in [1.165, 1.54) is 0 Å². The lowest BCUT2D eigenvalue weighted by molar-refractivity contribution is 0.0696. The van der Waals surface area contributed by atoms with Crippen LogP contribution < -0.4 is 0 Å². The third kappa shape index (κ3) is 2.00. The molecule has 0 unspecified atom stereocenters. The second-order valence-electron chi connectivity index (χ2n) is 5.46. The summed E-state index contributed by atoms with van der Waals surface area (Å²) in [6.07, 6.45) is 7.61. The highest BCUT2D eigenvalue weighted by Crippen LogP contribution is 2.42. The van der Waals surface area contributed by atoms with Gasteiger partial charge in [0.25, 0.3) is 0 Å². The maximum absolute atomic E-state index is 11.4. The Morgan fingerprint density at radius 1 is 1.19 bits per heavy atom. The molecule has 4 heteroatoms. The fourth-order valence-corrected chi connectivity index (χ4v) is 2.81. The Bertz CT molecular complexity index is 842. The first-order valence-electron chi connectivity index (χ1n) is 7.03. The van der Waals surface area contributed by atoms with Gasteiger partial charge < -0.3 is 9.67 Å². The summed E-state index contributed by atoms with van der Waals surface area (Å²) in [5.74, 6) is -0.445. The van der Waals surface area contributed by atoms with Gasteiger partial charge in [-0.3, -0.25) is 4.98 Å².